The normalized spacial score (nSPS) is 11.3. The molecule has 0 aliphatic carbocycles. The van der Waals surface area contributed by atoms with Gasteiger partial charge in [-0.05, 0) is 136 Å². The second kappa shape index (κ2) is 39.6. The first kappa shape index (κ1) is 93.3. The van der Waals surface area contributed by atoms with Crippen molar-refractivity contribution in [1.82, 2.24) is 44.9 Å². The molecule has 42 heteroatoms. The molecular formula is C85H55BCl2F11N13O12S3. The molecule has 0 radical (unpaired) electrons. The second-order valence-electron chi connectivity index (χ2n) is 26.1. The van der Waals surface area contributed by atoms with Crippen LogP contribution in [0.15, 0.2) is 246 Å². The van der Waals surface area contributed by atoms with E-state index in [1.54, 1.807) is 79.3 Å². The third-order valence-electron chi connectivity index (χ3n) is 18.1. The van der Waals surface area contributed by atoms with Gasteiger partial charge in [0.2, 0.25) is 40.8 Å². The van der Waals surface area contributed by atoms with Gasteiger partial charge in [0.25, 0.3) is 0 Å². The van der Waals surface area contributed by atoms with Gasteiger partial charge in [-0.1, -0.05) is 77.8 Å². The first-order valence-electron chi connectivity index (χ1n) is 35.8. The molecule has 0 saturated carbocycles. The standard InChI is InChI=1S/C29H19F3N4O3S.C23H10ClF5N2O4S.C22H15ClN4O3S.C7H6BF3O2.C4H5N3/c1-39-26-15-24(18-4-2-5-21(12-18)29(30,31)32)20(16-33)14-25(26)28-23-7-6-22(13-19(23)8-11-36-28)40(37,38)17-27-34-9-3-10-35-27;1-34-16-8-15(24)11(9-30)7-14(16)22-13-3-2-12(6-10(13)4-5-31-22)36(32,33)35-23-20(28)18(26)17(25)19(27)21(23)29;1-30-20-11-19(23)15(12-24)10-18(20)22-17-4-3-16(9-14(17)5-8-27-22)31(28,29)13-21-25-6-2-7-26-21;9-7(10,11)5-2-1-3-6(4-5)8(12)13;5-4-6-2-1-3-7-4/h2-15H,17H2,1H3;2-8H,1H3;2-11H,13H2,1H3;1-4,12-13H;1-3H,(H2,5,6,7). The molecule has 0 bridgehead atoms. The molecule has 644 valence electrons. The first-order valence-corrected chi connectivity index (χ1v) is 41.3. The Morgan fingerprint density at radius 1 is 0.409 bits per heavy atom. The van der Waals surface area contributed by atoms with E-state index in [9.17, 15) is 89.3 Å². The molecule has 6 heterocycles. The summed E-state index contributed by atoms with van der Waals surface area (Å²) in [7, 11) is -10.0. The molecule has 0 saturated heterocycles. The predicted molar refractivity (Wildman–Crippen MR) is 443 cm³/mol. The van der Waals surface area contributed by atoms with Crippen LogP contribution in [0.1, 0.15) is 39.5 Å². The monoisotopic (exact) mass is 1840 g/mol. The van der Waals surface area contributed by atoms with E-state index in [4.69, 9.17) is 53.2 Å². The molecule has 127 heavy (non-hydrogen) atoms. The van der Waals surface area contributed by atoms with Gasteiger partial charge in [-0.15, -0.1) is 0 Å². The van der Waals surface area contributed by atoms with E-state index in [1.165, 1.54) is 131 Å². The van der Waals surface area contributed by atoms with Gasteiger partial charge < -0.3 is 34.2 Å². The van der Waals surface area contributed by atoms with Crippen LogP contribution in [0.4, 0.5) is 54.2 Å². The lowest BCUT2D eigenvalue weighted by atomic mass is 9.79. The van der Waals surface area contributed by atoms with E-state index < -0.39 is 100 Å². The molecule has 15 rings (SSSR count). The smallest absolute Gasteiger partial charge is 0.488 e. The van der Waals surface area contributed by atoms with Crippen LogP contribution >= 0.6 is 23.2 Å². The van der Waals surface area contributed by atoms with Crippen molar-refractivity contribution >= 4 is 104 Å². The molecule has 4 N–H and O–H groups in total. The maximum Gasteiger partial charge on any atom is 0.488 e. The minimum atomic E-state index is -5.04. The van der Waals surface area contributed by atoms with E-state index >= 15 is 0 Å². The summed E-state index contributed by atoms with van der Waals surface area (Å²) in [6, 6.07) is 46.1. The third-order valence-corrected chi connectivity index (χ3v) is 23.2. The Hall–Kier alpha value is -14.4. The molecule has 0 fully saturated rings. The van der Waals surface area contributed by atoms with Crippen LogP contribution in [-0.2, 0) is 53.7 Å². The van der Waals surface area contributed by atoms with Gasteiger partial charge in [-0.25, -0.2) is 59.9 Å². The maximum atomic E-state index is 13.9. The van der Waals surface area contributed by atoms with Crippen LogP contribution in [0.25, 0.3) is 77.2 Å². The Balaban J connectivity index is 0.000000167. The molecular weight excluding hydrogens is 1780 g/mol. The van der Waals surface area contributed by atoms with Crippen LogP contribution in [0, 0.1) is 63.1 Å². The number of sulfone groups is 2. The summed E-state index contributed by atoms with van der Waals surface area (Å²) in [6.07, 6.45) is 4.55. The molecule has 0 spiro atoms. The predicted octanol–water partition coefficient (Wildman–Crippen LogP) is 16.8. The van der Waals surface area contributed by atoms with Crippen LogP contribution < -0.4 is 29.6 Å². The summed E-state index contributed by atoms with van der Waals surface area (Å²) in [6.45, 7) is 0. The second-order valence-corrected chi connectivity index (χ2v) is 32.4. The largest absolute Gasteiger partial charge is 0.496 e. The Bertz CT molecular complexity index is 7180. The number of nitriles is 3. The molecule has 0 unspecified atom stereocenters. The van der Waals surface area contributed by atoms with Crippen molar-refractivity contribution < 1.29 is 102 Å². The number of alkyl halides is 6. The average molecular weight is 1840 g/mol. The van der Waals surface area contributed by atoms with Crippen molar-refractivity contribution in [3.05, 3.63) is 310 Å². The van der Waals surface area contributed by atoms with Crippen LogP contribution in [-0.4, -0.2) is 109 Å². The Morgan fingerprint density at radius 3 is 1.15 bits per heavy atom. The zero-order valence-corrected chi connectivity index (χ0v) is 69.0. The SMILES string of the molecule is COc1cc(-c2cccc(C(F)(F)F)c2)c(C#N)cc1-c1nccc2cc(S(=O)(=O)Cc3ncccn3)ccc12.COc1cc(Cl)c(C#N)cc1-c1nccc2cc(S(=O)(=O)Cc3ncccn3)ccc12.COc1cc(Cl)c(C#N)cc1-c1nccc2cc(S(=O)(=O)Oc3c(F)c(F)c(F)c(F)c3F)ccc12.Nc1ncccn1.OB(O)c1cccc(C(F)(F)F)c1. The molecule has 0 aliphatic heterocycles. The highest BCUT2D eigenvalue weighted by atomic mass is 35.5. The molecule has 9 aromatic carbocycles. The summed E-state index contributed by atoms with van der Waals surface area (Å²) in [5.74, 6) is -12.9. The molecule has 0 atom stereocenters. The Labute approximate surface area is 724 Å². The van der Waals surface area contributed by atoms with Gasteiger partial charge in [-0.3, -0.25) is 15.0 Å². The van der Waals surface area contributed by atoms with Gasteiger partial charge >= 0.3 is 29.6 Å². The zero-order valence-electron chi connectivity index (χ0n) is 65.0. The number of rotatable bonds is 17. The number of nitrogen functional groups attached to an aromatic ring is 1. The van der Waals surface area contributed by atoms with Crippen molar-refractivity contribution in [3.63, 3.8) is 0 Å². The highest BCUT2D eigenvalue weighted by molar-refractivity contribution is 7.91. The fraction of sp³-hybridized carbons (Fsp3) is 0.0824. The van der Waals surface area contributed by atoms with Gasteiger partial charge in [0.15, 0.2) is 19.7 Å². The minimum absolute atomic E-state index is 0.0779. The topological polar surface area (TPSA) is 393 Å². The third kappa shape index (κ3) is 21.9. The molecule has 25 nitrogen and oxygen atoms in total. The Kier molecular flexibility index (Phi) is 29.1. The molecule has 15 aromatic rings. The van der Waals surface area contributed by atoms with E-state index in [0.29, 0.717) is 78.3 Å². The average Bonchev–Trinajstić information content (AvgIpc) is 0.770. The van der Waals surface area contributed by atoms with Crippen molar-refractivity contribution in [3.8, 4) is 86.1 Å². The summed E-state index contributed by atoms with van der Waals surface area (Å²) in [4.78, 5) is 36.0. The van der Waals surface area contributed by atoms with Gasteiger partial charge in [0, 0.05) is 106 Å². The van der Waals surface area contributed by atoms with Gasteiger partial charge in [-0.2, -0.15) is 59.3 Å². The number of nitrogens with two attached hydrogens (primary N) is 1. The molecule has 0 aliphatic rings. The van der Waals surface area contributed by atoms with Crippen molar-refractivity contribution in [2.24, 2.45) is 0 Å². The fourth-order valence-electron chi connectivity index (χ4n) is 12.1. The van der Waals surface area contributed by atoms with E-state index in [1.807, 2.05) is 6.07 Å². The number of pyridine rings is 3. The number of aromatic nitrogens is 9. The number of hydrogen-bond donors (Lipinski definition) is 3. The first-order chi connectivity index (χ1) is 60.3. The van der Waals surface area contributed by atoms with Crippen molar-refractivity contribution in [2.75, 3.05) is 27.1 Å². The fourth-order valence-corrected chi connectivity index (χ4v) is 15.9. The lowest BCUT2D eigenvalue weighted by molar-refractivity contribution is -0.138. The minimum Gasteiger partial charge on any atom is -0.496 e. The number of fused-ring (bicyclic) bond motifs is 3. The number of benzene rings is 9. The van der Waals surface area contributed by atoms with Crippen molar-refractivity contribution in [1.29, 1.82) is 15.8 Å². The summed E-state index contributed by atoms with van der Waals surface area (Å²) in [5, 5.41) is 49.3. The quantitative estimate of drug-likeness (QED) is 0.0250. The molecule has 6 aromatic heterocycles. The van der Waals surface area contributed by atoms with E-state index in [-0.39, 0.29) is 93.3 Å². The van der Waals surface area contributed by atoms with Crippen LogP contribution in [0.5, 0.6) is 23.0 Å². The number of hydrogen-bond acceptors (Lipinski definition) is 25. The lowest BCUT2D eigenvalue weighted by Gasteiger charge is -2.15. The molecule has 0 amide bonds. The number of methoxy groups -OCH3 is 3. The zero-order chi connectivity index (χ0) is 92.0. The van der Waals surface area contributed by atoms with Crippen molar-refractivity contribution in [2.45, 2.75) is 38.5 Å². The number of halogens is 13. The summed E-state index contributed by atoms with van der Waals surface area (Å²) < 4.78 is 242. The van der Waals surface area contributed by atoms with Crippen LogP contribution in [0.3, 0.4) is 0 Å². The maximum absolute atomic E-state index is 13.9. The van der Waals surface area contributed by atoms with Gasteiger partial charge in [0.05, 0.1) is 92.1 Å². The number of anilines is 1. The van der Waals surface area contributed by atoms with Gasteiger partial charge in [0.1, 0.15) is 57.4 Å². The van der Waals surface area contributed by atoms with E-state index in [0.717, 1.165) is 36.4 Å². The van der Waals surface area contributed by atoms with E-state index in [2.05, 4.69) is 61.2 Å². The lowest BCUT2D eigenvalue weighted by Crippen LogP contribution is -2.30. The number of ether oxygens (including phenoxy) is 3. The summed E-state index contributed by atoms with van der Waals surface area (Å²) >= 11 is 12.2. The van der Waals surface area contributed by atoms with Crippen LogP contribution in [0.2, 0.25) is 10.0 Å². The Morgan fingerprint density at radius 2 is 0.772 bits per heavy atom. The highest BCUT2D eigenvalue weighted by Crippen LogP contribution is 2.44. The number of nitrogens with zero attached hydrogens (tertiary/aromatic N) is 12. The highest BCUT2D eigenvalue weighted by Gasteiger charge is 2.35. The summed E-state index contributed by atoms with van der Waals surface area (Å²) in [5.41, 5.74) is 6.87.